The van der Waals surface area contributed by atoms with Gasteiger partial charge in [-0.3, -0.25) is 4.68 Å². The Labute approximate surface area is 145 Å². The van der Waals surface area contributed by atoms with Crippen molar-refractivity contribution in [2.24, 2.45) is 0 Å². The second-order valence-corrected chi connectivity index (χ2v) is 6.42. The first kappa shape index (κ1) is 16.3. The lowest BCUT2D eigenvalue weighted by molar-refractivity contribution is 0.204. The van der Waals surface area contributed by atoms with Crippen molar-refractivity contribution in [1.82, 2.24) is 20.4 Å². The summed E-state index contributed by atoms with van der Waals surface area (Å²) in [4.78, 5) is 11.9. The van der Waals surface area contributed by atoms with Crippen LogP contribution in [0.25, 0.3) is 0 Å². The maximum absolute atomic E-state index is 11.9. The van der Waals surface area contributed by atoms with E-state index >= 15 is 0 Å². The number of carbonyl (C=O) groups excluding carboxylic acids is 1. The number of hydrogen-bond acceptors (Lipinski definition) is 3. The highest BCUT2D eigenvalue weighted by Gasteiger charge is 2.46. The van der Waals surface area contributed by atoms with Gasteiger partial charge in [-0.2, -0.15) is 10.4 Å². The van der Waals surface area contributed by atoms with Crippen molar-refractivity contribution in [2.75, 3.05) is 6.54 Å². The highest BCUT2D eigenvalue weighted by molar-refractivity contribution is 6.30. The smallest absolute Gasteiger partial charge is 0.315 e. The highest BCUT2D eigenvalue weighted by atomic mass is 35.5. The van der Waals surface area contributed by atoms with Crippen LogP contribution in [0.1, 0.15) is 18.4 Å². The van der Waals surface area contributed by atoms with Crippen LogP contribution in [-0.4, -0.2) is 28.4 Å². The lowest BCUT2D eigenvalue weighted by Crippen LogP contribution is -2.54. The molecule has 2 aromatic rings. The van der Waals surface area contributed by atoms with Crippen LogP contribution in [0.3, 0.4) is 0 Å². The predicted octanol–water partition coefficient (Wildman–Crippen LogP) is 2.46. The van der Waals surface area contributed by atoms with Crippen LogP contribution in [-0.2, 0) is 12.0 Å². The second kappa shape index (κ2) is 6.93. The minimum absolute atomic E-state index is 0.0176. The maximum Gasteiger partial charge on any atom is 0.315 e. The molecule has 1 saturated carbocycles. The zero-order valence-electron chi connectivity index (χ0n) is 13.1. The van der Waals surface area contributed by atoms with E-state index in [-0.39, 0.29) is 12.1 Å². The molecule has 1 aromatic heterocycles. The minimum Gasteiger partial charge on any atom is -0.336 e. The van der Waals surface area contributed by atoms with E-state index in [9.17, 15) is 10.1 Å². The molecule has 1 aliphatic rings. The zero-order valence-corrected chi connectivity index (χ0v) is 13.8. The van der Waals surface area contributed by atoms with E-state index in [1.54, 1.807) is 17.1 Å². The van der Waals surface area contributed by atoms with Crippen LogP contribution in [0.15, 0.2) is 42.7 Å². The summed E-state index contributed by atoms with van der Waals surface area (Å²) in [7, 11) is 0. The van der Waals surface area contributed by atoms with E-state index in [0.29, 0.717) is 31.0 Å². The molecule has 0 spiro atoms. The fourth-order valence-corrected chi connectivity index (χ4v) is 3.17. The third-order valence-corrected chi connectivity index (χ3v) is 4.49. The summed E-state index contributed by atoms with van der Waals surface area (Å²) in [6.45, 7) is 1.01. The highest BCUT2D eigenvalue weighted by Crippen LogP contribution is 2.43. The van der Waals surface area contributed by atoms with Crippen molar-refractivity contribution in [2.45, 2.75) is 30.8 Å². The van der Waals surface area contributed by atoms with Gasteiger partial charge in [-0.1, -0.05) is 41.9 Å². The normalized spacial score (nSPS) is 22.2. The number of carbonyl (C=O) groups is 1. The standard InChI is InChI=1S/C17H18ClN5O/c18-14-10-21-23(11-14)7-6-20-16(24)22-15-8-17(9-15,12-19)13-4-2-1-3-5-13/h1-5,10-11,15H,6-9H2,(H2,20,22,24). The van der Waals surface area contributed by atoms with Crippen LogP contribution in [0, 0.1) is 11.3 Å². The summed E-state index contributed by atoms with van der Waals surface area (Å²) in [6.07, 6.45) is 4.53. The molecule has 124 valence electrons. The fraction of sp³-hybridized carbons (Fsp3) is 0.353. The van der Waals surface area contributed by atoms with E-state index in [0.717, 1.165) is 5.56 Å². The van der Waals surface area contributed by atoms with Gasteiger partial charge < -0.3 is 10.6 Å². The lowest BCUT2D eigenvalue weighted by atomic mass is 9.62. The fourth-order valence-electron chi connectivity index (χ4n) is 3.01. The van der Waals surface area contributed by atoms with Gasteiger partial charge in [-0.15, -0.1) is 0 Å². The van der Waals surface area contributed by atoms with Crippen molar-refractivity contribution >= 4 is 17.6 Å². The summed E-state index contributed by atoms with van der Waals surface area (Å²) in [6, 6.07) is 11.9. The summed E-state index contributed by atoms with van der Waals surface area (Å²) in [5, 5.41) is 19.8. The van der Waals surface area contributed by atoms with E-state index in [2.05, 4.69) is 21.8 Å². The molecule has 0 saturated heterocycles. The number of benzene rings is 1. The van der Waals surface area contributed by atoms with E-state index in [1.807, 2.05) is 30.3 Å². The first-order chi connectivity index (χ1) is 11.6. The molecule has 1 aromatic carbocycles. The molecule has 1 fully saturated rings. The molecule has 0 unspecified atom stereocenters. The van der Waals surface area contributed by atoms with Gasteiger partial charge in [0.15, 0.2) is 0 Å². The van der Waals surface area contributed by atoms with Gasteiger partial charge in [0.1, 0.15) is 0 Å². The third kappa shape index (κ3) is 3.52. The number of nitriles is 1. The molecule has 0 bridgehead atoms. The van der Waals surface area contributed by atoms with Crippen molar-refractivity contribution < 1.29 is 4.79 Å². The van der Waals surface area contributed by atoms with Crippen molar-refractivity contribution in [3.63, 3.8) is 0 Å². The minimum atomic E-state index is -0.481. The Morgan fingerprint density at radius 3 is 2.79 bits per heavy atom. The molecule has 1 heterocycles. The van der Waals surface area contributed by atoms with Crippen molar-refractivity contribution in [3.05, 3.63) is 53.3 Å². The van der Waals surface area contributed by atoms with Crippen molar-refractivity contribution in [3.8, 4) is 6.07 Å². The quantitative estimate of drug-likeness (QED) is 0.874. The SMILES string of the molecule is N#CC1(c2ccccc2)CC(NC(=O)NCCn2cc(Cl)cn2)C1. The number of urea groups is 1. The second-order valence-electron chi connectivity index (χ2n) is 5.99. The van der Waals surface area contributed by atoms with Crippen LogP contribution < -0.4 is 10.6 Å². The van der Waals surface area contributed by atoms with Gasteiger partial charge in [-0.25, -0.2) is 4.79 Å². The number of nitrogens with zero attached hydrogens (tertiary/aromatic N) is 3. The molecular weight excluding hydrogens is 326 g/mol. The van der Waals surface area contributed by atoms with Gasteiger partial charge in [0.25, 0.3) is 0 Å². The number of rotatable bonds is 5. The zero-order chi connectivity index (χ0) is 17.0. The largest absolute Gasteiger partial charge is 0.336 e. The van der Waals surface area contributed by atoms with Crippen LogP contribution in [0.4, 0.5) is 4.79 Å². The van der Waals surface area contributed by atoms with Gasteiger partial charge in [0, 0.05) is 18.8 Å². The first-order valence-corrected chi connectivity index (χ1v) is 8.18. The Balaban J connectivity index is 1.43. The molecule has 0 radical (unpaired) electrons. The Bertz CT molecular complexity index is 746. The Morgan fingerprint density at radius 2 is 2.17 bits per heavy atom. The molecule has 1 aliphatic carbocycles. The maximum atomic E-state index is 11.9. The molecule has 0 aliphatic heterocycles. The van der Waals surface area contributed by atoms with E-state index in [4.69, 9.17) is 11.6 Å². The molecular formula is C17H18ClN5O. The average molecular weight is 344 g/mol. The van der Waals surface area contributed by atoms with Gasteiger partial charge in [0.2, 0.25) is 0 Å². The number of hydrogen-bond donors (Lipinski definition) is 2. The predicted molar refractivity (Wildman–Crippen MR) is 90.5 cm³/mol. The monoisotopic (exact) mass is 343 g/mol. The number of nitrogens with one attached hydrogen (secondary N) is 2. The molecule has 3 rings (SSSR count). The molecule has 7 heteroatoms. The average Bonchev–Trinajstić information content (AvgIpc) is 2.97. The Kier molecular flexibility index (Phi) is 4.72. The van der Waals surface area contributed by atoms with Gasteiger partial charge in [-0.05, 0) is 18.4 Å². The van der Waals surface area contributed by atoms with Gasteiger partial charge in [0.05, 0.1) is 29.2 Å². The Morgan fingerprint density at radius 1 is 1.42 bits per heavy atom. The summed E-state index contributed by atoms with van der Waals surface area (Å²) in [5.74, 6) is 0. The lowest BCUT2D eigenvalue weighted by Gasteiger charge is -2.43. The molecule has 6 nitrogen and oxygen atoms in total. The number of aromatic nitrogens is 2. The molecule has 2 N–H and O–H groups in total. The number of halogens is 1. The van der Waals surface area contributed by atoms with Crippen LogP contribution in [0.5, 0.6) is 0 Å². The van der Waals surface area contributed by atoms with E-state index in [1.165, 1.54) is 0 Å². The summed E-state index contributed by atoms with van der Waals surface area (Å²) >= 11 is 5.78. The molecule has 2 amide bonds. The van der Waals surface area contributed by atoms with Crippen LogP contribution >= 0.6 is 11.6 Å². The Hall–Kier alpha value is -2.52. The van der Waals surface area contributed by atoms with E-state index < -0.39 is 5.41 Å². The number of amides is 2. The first-order valence-electron chi connectivity index (χ1n) is 7.80. The van der Waals surface area contributed by atoms with Gasteiger partial charge >= 0.3 is 6.03 Å². The third-order valence-electron chi connectivity index (χ3n) is 4.29. The molecule has 24 heavy (non-hydrogen) atoms. The summed E-state index contributed by atoms with van der Waals surface area (Å²) in [5.41, 5.74) is 0.534. The topological polar surface area (TPSA) is 82.7 Å². The van der Waals surface area contributed by atoms with Crippen molar-refractivity contribution in [1.29, 1.82) is 5.26 Å². The molecule has 0 atom stereocenters. The van der Waals surface area contributed by atoms with Crippen LogP contribution in [0.2, 0.25) is 5.02 Å². The summed E-state index contributed by atoms with van der Waals surface area (Å²) < 4.78 is 1.67.